The summed E-state index contributed by atoms with van der Waals surface area (Å²) in [7, 11) is 0. The molecule has 2 aromatic heterocycles. The normalized spacial score (nSPS) is 18.0. The van der Waals surface area contributed by atoms with E-state index in [-0.39, 0.29) is 6.03 Å². The Morgan fingerprint density at radius 2 is 1.90 bits per heavy atom. The quantitative estimate of drug-likeness (QED) is 0.732. The van der Waals surface area contributed by atoms with Crippen molar-refractivity contribution in [3.8, 4) is 5.88 Å². The Kier molecular flexibility index (Phi) is 7.65. The van der Waals surface area contributed by atoms with Crippen LogP contribution in [0.4, 0.5) is 10.6 Å². The number of urea groups is 1. The second-order valence-corrected chi connectivity index (χ2v) is 8.43. The first-order chi connectivity index (χ1) is 15.3. The first kappa shape index (κ1) is 21.5. The summed E-state index contributed by atoms with van der Waals surface area (Å²) >= 11 is 0. The highest BCUT2D eigenvalue weighted by Gasteiger charge is 2.21. The lowest BCUT2D eigenvalue weighted by atomic mass is 9.87. The highest BCUT2D eigenvalue weighted by atomic mass is 16.5. The minimum absolute atomic E-state index is 0.127. The predicted octanol–water partition coefficient (Wildman–Crippen LogP) is 3.57. The third-order valence-electron chi connectivity index (χ3n) is 6.16. The average molecular weight is 425 g/mol. The zero-order chi connectivity index (χ0) is 21.3. The molecule has 1 aliphatic heterocycles. The van der Waals surface area contributed by atoms with E-state index >= 15 is 0 Å². The fourth-order valence-corrected chi connectivity index (χ4v) is 4.35. The van der Waals surface area contributed by atoms with Crippen LogP contribution in [0.2, 0.25) is 0 Å². The fraction of sp³-hybridized carbons (Fsp3) is 0.565. The molecule has 0 radical (unpaired) electrons. The molecule has 31 heavy (non-hydrogen) atoms. The van der Waals surface area contributed by atoms with Gasteiger partial charge in [-0.2, -0.15) is 0 Å². The summed E-state index contributed by atoms with van der Waals surface area (Å²) in [5.41, 5.74) is 1.19. The zero-order valence-electron chi connectivity index (χ0n) is 18.1. The summed E-state index contributed by atoms with van der Waals surface area (Å²) in [6.45, 7) is 4.60. The van der Waals surface area contributed by atoms with Crippen molar-refractivity contribution < 1.29 is 9.53 Å². The fourth-order valence-electron chi connectivity index (χ4n) is 4.35. The maximum absolute atomic E-state index is 12.4. The third-order valence-corrected chi connectivity index (χ3v) is 6.16. The van der Waals surface area contributed by atoms with E-state index in [2.05, 4.69) is 25.2 Å². The number of nitrogens with zero attached hydrogens (tertiary/aromatic N) is 5. The average Bonchev–Trinajstić information content (AvgIpc) is 2.81. The van der Waals surface area contributed by atoms with Gasteiger partial charge in [-0.25, -0.2) is 14.8 Å². The lowest BCUT2D eigenvalue weighted by molar-refractivity contribution is 0.143. The van der Waals surface area contributed by atoms with Gasteiger partial charge in [0.05, 0.1) is 12.8 Å². The highest BCUT2D eigenvalue weighted by Crippen LogP contribution is 2.26. The number of ether oxygens (including phenoxy) is 1. The molecule has 4 rings (SSSR count). The van der Waals surface area contributed by atoms with Crippen LogP contribution in [-0.4, -0.2) is 63.6 Å². The monoisotopic (exact) mass is 424 g/mol. The molecule has 166 valence electrons. The molecule has 8 nitrogen and oxygen atoms in total. The van der Waals surface area contributed by atoms with Crippen LogP contribution in [0.5, 0.6) is 5.88 Å². The van der Waals surface area contributed by atoms with E-state index in [0.717, 1.165) is 44.5 Å². The summed E-state index contributed by atoms with van der Waals surface area (Å²) in [6, 6.07) is 3.97. The van der Waals surface area contributed by atoms with Crippen molar-refractivity contribution in [2.45, 2.75) is 45.1 Å². The minimum Gasteiger partial charge on any atom is -0.478 e. The van der Waals surface area contributed by atoms with Crippen LogP contribution >= 0.6 is 0 Å². The van der Waals surface area contributed by atoms with Crippen molar-refractivity contribution in [1.82, 2.24) is 24.8 Å². The smallest absolute Gasteiger partial charge is 0.323 e. The molecule has 2 aromatic rings. The number of amides is 2. The molecule has 1 aliphatic carbocycles. The van der Waals surface area contributed by atoms with Gasteiger partial charge in [0.2, 0.25) is 5.88 Å². The lowest BCUT2D eigenvalue weighted by Crippen LogP contribution is -2.49. The van der Waals surface area contributed by atoms with Gasteiger partial charge in [-0.3, -0.25) is 15.2 Å². The van der Waals surface area contributed by atoms with Gasteiger partial charge in [0, 0.05) is 57.4 Å². The van der Waals surface area contributed by atoms with Crippen LogP contribution in [0.3, 0.4) is 0 Å². The van der Waals surface area contributed by atoms with Crippen molar-refractivity contribution >= 4 is 11.8 Å². The van der Waals surface area contributed by atoms with Gasteiger partial charge in [0.25, 0.3) is 0 Å². The number of carbonyl (C=O) groups is 1. The SMILES string of the molecule is O=C(Nc1cnccn1)N1CCN(Cc2ccnc(OCCC3CCCCC3)c2)CC1. The van der Waals surface area contributed by atoms with Crippen molar-refractivity contribution in [2.24, 2.45) is 5.92 Å². The minimum atomic E-state index is -0.127. The van der Waals surface area contributed by atoms with Crippen LogP contribution in [0.15, 0.2) is 36.9 Å². The van der Waals surface area contributed by atoms with E-state index in [1.165, 1.54) is 37.7 Å². The van der Waals surface area contributed by atoms with E-state index < -0.39 is 0 Å². The first-order valence-electron chi connectivity index (χ1n) is 11.4. The van der Waals surface area contributed by atoms with E-state index in [4.69, 9.17) is 4.74 Å². The van der Waals surface area contributed by atoms with Gasteiger partial charge in [0.1, 0.15) is 0 Å². The van der Waals surface area contributed by atoms with Crippen LogP contribution in [0, 0.1) is 5.92 Å². The number of carbonyl (C=O) groups excluding carboxylic acids is 1. The number of nitrogens with one attached hydrogen (secondary N) is 1. The summed E-state index contributed by atoms with van der Waals surface area (Å²) in [6.07, 6.45) is 14.5. The van der Waals surface area contributed by atoms with Crippen LogP contribution < -0.4 is 10.1 Å². The number of piperazine rings is 1. The van der Waals surface area contributed by atoms with Gasteiger partial charge in [-0.1, -0.05) is 32.1 Å². The molecule has 2 fully saturated rings. The zero-order valence-corrected chi connectivity index (χ0v) is 18.1. The Balaban J connectivity index is 1.19. The van der Waals surface area contributed by atoms with Crippen LogP contribution in [0.25, 0.3) is 0 Å². The molecule has 1 saturated carbocycles. The molecule has 0 bridgehead atoms. The largest absolute Gasteiger partial charge is 0.478 e. The Labute approximate surface area is 184 Å². The van der Waals surface area contributed by atoms with Gasteiger partial charge in [-0.05, 0) is 24.0 Å². The predicted molar refractivity (Wildman–Crippen MR) is 119 cm³/mol. The molecule has 1 N–H and O–H groups in total. The molecule has 3 heterocycles. The van der Waals surface area contributed by atoms with E-state index in [0.29, 0.717) is 18.9 Å². The molecule has 1 saturated heterocycles. The number of pyridine rings is 1. The van der Waals surface area contributed by atoms with Crippen LogP contribution in [-0.2, 0) is 6.54 Å². The van der Waals surface area contributed by atoms with Crippen molar-refractivity contribution in [1.29, 1.82) is 0 Å². The first-order valence-corrected chi connectivity index (χ1v) is 11.4. The molecule has 0 unspecified atom stereocenters. The summed E-state index contributed by atoms with van der Waals surface area (Å²) in [5, 5.41) is 2.80. The number of hydrogen-bond acceptors (Lipinski definition) is 6. The summed E-state index contributed by atoms with van der Waals surface area (Å²) in [4.78, 5) is 29.0. The van der Waals surface area contributed by atoms with Crippen molar-refractivity contribution in [3.63, 3.8) is 0 Å². The van der Waals surface area contributed by atoms with E-state index in [1.807, 2.05) is 23.2 Å². The molecule has 0 aromatic carbocycles. The summed E-state index contributed by atoms with van der Waals surface area (Å²) < 4.78 is 5.94. The molecule has 2 aliphatic rings. The maximum Gasteiger partial charge on any atom is 0.323 e. The molecular weight excluding hydrogens is 392 g/mol. The topological polar surface area (TPSA) is 83.5 Å². The Hall–Kier alpha value is -2.74. The van der Waals surface area contributed by atoms with Crippen LogP contribution in [0.1, 0.15) is 44.1 Å². The van der Waals surface area contributed by atoms with Gasteiger partial charge < -0.3 is 9.64 Å². The van der Waals surface area contributed by atoms with Gasteiger partial charge in [-0.15, -0.1) is 0 Å². The number of rotatable bonds is 7. The number of anilines is 1. The Bertz CT molecular complexity index is 820. The molecule has 8 heteroatoms. The number of hydrogen-bond donors (Lipinski definition) is 1. The summed E-state index contributed by atoms with van der Waals surface area (Å²) in [5.74, 6) is 2.01. The Morgan fingerprint density at radius 3 is 2.68 bits per heavy atom. The molecule has 2 amide bonds. The lowest BCUT2D eigenvalue weighted by Gasteiger charge is -2.34. The second kappa shape index (κ2) is 11.0. The third kappa shape index (κ3) is 6.62. The second-order valence-electron chi connectivity index (χ2n) is 8.43. The van der Waals surface area contributed by atoms with E-state index in [1.54, 1.807) is 18.6 Å². The Morgan fingerprint density at radius 1 is 1.06 bits per heavy atom. The van der Waals surface area contributed by atoms with Gasteiger partial charge in [0.15, 0.2) is 5.82 Å². The van der Waals surface area contributed by atoms with Crippen molar-refractivity contribution in [3.05, 3.63) is 42.5 Å². The maximum atomic E-state index is 12.4. The highest BCUT2D eigenvalue weighted by molar-refractivity contribution is 5.88. The van der Waals surface area contributed by atoms with Crippen molar-refractivity contribution in [2.75, 3.05) is 38.1 Å². The molecular formula is C23H32N6O2. The van der Waals surface area contributed by atoms with Gasteiger partial charge >= 0.3 is 6.03 Å². The van der Waals surface area contributed by atoms with E-state index in [9.17, 15) is 4.79 Å². The molecule has 0 atom stereocenters. The standard InChI is InChI=1S/C23H32N6O2/c30-23(27-21-17-24-9-10-25-21)29-13-11-28(12-14-29)18-20-6-8-26-22(16-20)31-15-7-19-4-2-1-3-5-19/h6,8-10,16-17,19H,1-5,7,11-15,18H2,(H,25,27,30). The number of aromatic nitrogens is 3. The molecule has 0 spiro atoms.